The molecule has 1 N–H and O–H groups in total. The number of nitrogens with zero attached hydrogens (tertiary/aromatic N) is 3. The first kappa shape index (κ1) is 5.16. The standard InChI is InChI=1S/C5H4N4O/c10-5-2-1-4-6-3-7-9(4)8-5/h1-3H,(H,8,10). The molecule has 0 aliphatic rings. The molecule has 5 nitrogen and oxygen atoms in total. The molecule has 0 spiro atoms. The summed E-state index contributed by atoms with van der Waals surface area (Å²) in [6.45, 7) is 0. The smallest absolute Gasteiger partial charge is 0.264 e. The number of aromatic nitrogens is 4. The van der Waals surface area contributed by atoms with Crippen LogP contribution in [-0.2, 0) is 0 Å². The fraction of sp³-hybridized carbons (Fsp3) is 0. The normalized spacial score (nSPS) is 10.4. The summed E-state index contributed by atoms with van der Waals surface area (Å²) in [4.78, 5) is 14.5. The topological polar surface area (TPSA) is 63.1 Å². The Morgan fingerprint density at radius 3 is 3.30 bits per heavy atom. The van der Waals surface area contributed by atoms with Crippen molar-refractivity contribution in [2.24, 2.45) is 0 Å². The molecule has 2 heterocycles. The SMILES string of the molecule is O=c1ccc2ncnn2[nH]1. The zero-order valence-corrected chi connectivity index (χ0v) is 4.98. The van der Waals surface area contributed by atoms with Gasteiger partial charge in [0.05, 0.1) is 0 Å². The second-order valence-corrected chi connectivity index (χ2v) is 1.84. The Bertz CT molecular complexity index is 401. The van der Waals surface area contributed by atoms with Gasteiger partial charge < -0.3 is 0 Å². The zero-order valence-electron chi connectivity index (χ0n) is 4.98. The van der Waals surface area contributed by atoms with Crippen LogP contribution in [0.3, 0.4) is 0 Å². The van der Waals surface area contributed by atoms with E-state index in [2.05, 4.69) is 15.2 Å². The van der Waals surface area contributed by atoms with Gasteiger partial charge in [-0.3, -0.25) is 4.79 Å². The Hall–Kier alpha value is -1.65. The first-order valence-electron chi connectivity index (χ1n) is 2.75. The summed E-state index contributed by atoms with van der Waals surface area (Å²) >= 11 is 0. The van der Waals surface area contributed by atoms with Crippen molar-refractivity contribution >= 4 is 5.65 Å². The first-order valence-corrected chi connectivity index (χ1v) is 2.75. The minimum absolute atomic E-state index is 0.182. The second-order valence-electron chi connectivity index (χ2n) is 1.84. The highest BCUT2D eigenvalue weighted by Gasteiger charge is 1.91. The lowest BCUT2D eigenvalue weighted by atomic mass is 10.6. The third-order valence-corrected chi connectivity index (χ3v) is 1.17. The number of H-pyrrole nitrogens is 1. The van der Waals surface area contributed by atoms with Gasteiger partial charge in [0.1, 0.15) is 6.33 Å². The summed E-state index contributed by atoms with van der Waals surface area (Å²) in [7, 11) is 0. The number of aromatic amines is 1. The lowest BCUT2D eigenvalue weighted by Crippen LogP contribution is -2.09. The van der Waals surface area contributed by atoms with E-state index in [9.17, 15) is 4.79 Å². The number of hydrogen-bond acceptors (Lipinski definition) is 3. The second kappa shape index (κ2) is 1.66. The minimum atomic E-state index is -0.182. The maximum Gasteiger partial charge on any atom is 0.264 e. The predicted molar refractivity (Wildman–Crippen MR) is 33.6 cm³/mol. The van der Waals surface area contributed by atoms with E-state index < -0.39 is 0 Å². The lowest BCUT2D eigenvalue weighted by Gasteiger charge is -1.85. The maximum atomic E-state index is 10.6. The van der Waals surface area contributed by atoms with Gasteiger partial charge in [0.15, 0.2) is 5.65 Å². The fourth-order valence-corrected chi connectivity index (χ4v) is 0.742. The van der Waals surface area contributed by atoms with Crippen LogP contribution in [-0.4, -0.2) is 19.8 Å². The van der Waals surface area contributed by atoms with E-state index in [-0.39, 0.29) is 5.56 Å². The predicted octanol–water partition coefficient (Wildman–Crippen LogP) is -0.582. The van der Waals surface area contributed by atoms with Crippen LogP contribution < -0.4 is 5.56 Å². The summed E-state index contributed by atoms with van der Waals surface area (Å²) in [5.74, 6) is 0. The maximum absolute atomic E-state index is 10.6. The van der Waals surface area contributed by atoms with E-state index in [0.29, 0.717) is 5.65 Å². The molecule has 10 heavy (non-hydrogen) atoms. The van der Waals surface area contributed by atoms with E-state index in [1.807, 2.05) is 0 Å². The van der Waals surface area contributed by atoms with Crippen LogP contribution in [0.5, 0.6) is 0 Å². The van der Waals surface area contributed by atoms with Crippen molar-refractivity contribution in [2.45, 2.75) is 0 Å². The van der Waals surface area contributed by atoms with Gasteiger partial charge in [0, 0.05) is 6.07 Å². The quantitative estimate of drug-likeness (QED) is 0.526. The molecular weight excluding hydrogens is 132 g/mol. The van der Waals surface area contributed by atoms with Gasteiger partial charge in [-0.25, -0.2) is 10.1 Å². The van der Waals surface area contributed by atoms with Crippen LogP contribution in [0.15, 0.2) is 23.3 Å². The van der Waals surface area contributed by atoms with Crippen molar-refractivity contribution in [3.63, 3.8) is 0 Å². The largest absolute Gasteiger partial charge is 0.268 e. The van der Waals surface area contributed by atoms with Gasteiger partial charge in [0.25, 0.3) is 5.56 Å². The summed E-state index contributed by atoms with van der Waals surface area (Å²) in [6, 6.07) is 3.01. The van der Waals surface area contributed by atoms with Gasteiger partial charge in [-0.2, -0.15) is 4.63 Å². The van der Waals surface area contributed by atoms with Crippen LogP contribution in [0.2, 0.25) is 0 Å². The zero-order chi connectivity index (χ0) is 6.97. The molecular formula is C5H4N4O. The molecule has 2 rings (SSSR count). The van der Waals surface area contributed by atoms with Crippen LogP contribution >= 0.6 is 0 Å². The van der Waals surface area contributed by atoms with Crippen molar-refractivity contribution in [1.29, 1.82) is 0 Å². The Morgan fingerprint density at radius 1 is 1.50 bits per heavy atom. The van der Waals surface area contributed by atoms with Crippen LogP contribution in [0, 0.1) is 0 Å². The van der Waals surface area contributed by atoms with Crippen molar-refractivity contribution in [3.8, 4) is 0 Å². The Kier molecular flexibility index (Phi) is 0.858. The minimum Gasteiger partial charge on any atom is -0.268 e. The van der Waals surface area contributed by atoms with E-state index in [1.54, 1.807) is 6.07 Å². The fourth-order valence-electron chi connectivity index (χ4n) is 0.742. The molecule has 0 unspecified atom stereocenters. The molecule has 0 aliphatic heterocycles. The molecule has 50 valence electrons. The average molecular weight is 136 g/mol. The van der Waals surface area contributed by atoms with Gasteiger partial charge >= 0.3 is 0 Å². The van der Waals surface area contributed by atoms with Crippen LogP contribution in [0.25, 0.3) is 5.65 Å². The number of rotatable bonds is 0. The molecule has 0 radical (unpaired) electrons. The van der Waals surface area contributed by atoms with Crippen molar-refractivity contribution in [2.75, 3.05) is 0 Å². The summed E-state index contributed by atoms with van der Waals surface area (Å²) in [5, 5.41) is 6.19. The summed E-state index contributed by atoms with van der Waals surface area (Å²) in [6.07, 6.45) is 1.38. The molecule has 2 aromatic rings. The highest BCUT2D eigenvalue weighted by atomic mass is 16.1. The van der Waals surface area contributed by atoms with Crippen molar-refractivity contribution in [1.82, 2.24) is 19.8 Å². The van der Waals surface area contributed by atoms with Gasteiger partial charge in [-0.05, 0) is 6.07 Å². The molecule has 0 saturated carbocycles. The Balaban J connectivity index is 2.99. The highest BCUT2D eigenvalue weighted by molar-refractivity contribution is 5.32. The summed E-state index contributed by atoms with van der Waals surface area (Å²) in [5.41, 5.74) is 0.456. The van der Waals surface area contributed by atoms with E-state index in [1.165, 1.54) is 17.0 Å². The van der Waals surface area contributed by atoms with Crippen molar-refractivity contribution < 1.29 is 0 Å². The first-order chi connectivity index (χ1) is 4.86. The molecule has 0 atom stereocenters. The number of hydrogen-bond donors (Lipinski definition) is 1. The molecule has 0 fully saturated rings. The number of fused-ring (bicyclic) bond motifs is 1. The molecule has 0 bridgehead atoms. The molecule has 0 aliphatic carbocycles. The molecule has 0 aromatic carbocycles. The molecule has 2 aromatic heterocycles. The highest BCUT2D eigenvalue weighted by Crippen LogP contribution is 1.87. The van der Waals surface area contributed by atoms with Gasteiger partial charge in [-0.15, -0.1) is 5.10 Å². The van der Waals surface area contributed by atoms with Crippen molar-refractivity contribution in [3.05, 3.63) is 28.8 Å². The molecule has 5 heteroatoms. The number of nitrogens with one attached hydrogen (secondary N) is 1. The Labute approximate surface area is 55.3 Å². The molecule has 0 amide bonds. The van der Waals surface area contributed by atoms with E-state index in [4.69, 9.17) is 0 Å². The van der Waals surface area contributed by atoms with E-state index in [0.717, 1.165) is 0 Å². The monoisotopic (exact) mass is 136 g/mol. The van der Waals surface area contributed by atoms with Gasteiger partial charge in [0.2, 0.25) is 0 Å². The van der Waals surface area contributed by atoms with Crippen LogP contribution in [0.4, 0.5) is 0 Å². The average Bonchev–Trinajstić information content (AvgIpc) is 2.33. The summed E-state index contributed by atoms with van der Waals surface area (Å²) < 4.78 is 1.32. The Morgan fingerprint density at radius 2 is 2.40 bits per heavy atom. The third kappa shape index (κ3) is 0.604. The molecule has 0 saturated heterocycles. The van der Waals surface area contributed by atoms with Crippen LogP contribution in [0.1, 0.15) is 0 Å². The van der Waals surface area contributed by atoms with E-state index >= 15 is 0 Å². The lowest BCUT2D eigenvalue weighted by molar-refractivity contribution is 0.781. The van der Waals surface area contributed by atoms with Gasteiger partial charge in [-0.1, -0.05) is 0 Å². The third-order valence-electron chi connectivity index (χ3n) is 1.17.